The number of rotatable bonds is 11. The SMILES string of the molecule is C[C@@H](O[P+](=O)[O-])[C@H](NC(=O)CCCCCCS)C(=O)O. The van der Waals surface area contributed by atoms with Gasteiger partial charge in [-0.3, -0.25) is 4.79 Å². The van der Waals surface area contributed by atoms with Crippen LogP contribution in [0, 0.1) is 0 Å². The molecule has 2 N–H and O–H groups in total. The minimum absolute atomic E-state index is 0.201. The van der Waals surface area contributed by atoms with E-state index in [0.717, 1.165) is 25.0 Å². The molecule has 7 nitrogen and oxygen atoms in total. The van der Waals surface area contributed by atoms with Crippen LogP contribution in [0.4, 0.5) is 0 Å². The molecule has 0 heterocycles. The molecular weight excluding hydrogens is 305 g/mol. The van der Waals surface area contributed by atoms with Crippen LogP contribution in [-0.4, -0.2) is 34.9 Å². The van der Waals surface area contributed by atoms with Crippen molar-refractivity contribution in [2.45, 2.75) is 51.2 Å². The first-order valence-electron chi connectivity index (χ1n) is 6.32. The Labute approximate surface area is 124 Å². The van der Waals surface area contributed by atoms with Crippen LogP contribution in [0.15, 0.2) is 0 Å². The maximum absolute atomic E-state index is 11.6. The number of aliphatic carboxylic acids is 1. The number of thiol groups is 1. The van der Waals surface area contributed by atoms with Gasteiger partial charge in [-0.05, 0) is 30.1 Å². The van der Waals surface area contributed by atoms with Crippen LogP contribution in [0.3, 0.4) is 0 Å². The number of carboxylic acid groups (broad SMARTS) is 1. The highest BCUT2D eigenvalue weighted by Crippen LogP contribution is 2.16. The van der Waals surface area contributed by atoms with Gasteiger partial charge in [0.15, 0.2) is 6.04 Å². The van der Waals surface area contributed by atoms with Gasteiger partial charge < -0.3 is 15.3 Å². The van der Waals surface area contributed by atoms with E-state index >= 15 is 0 Å². The van der Waals surface area contributed by atoms with Gasteiger partial charge in [0.25, 0.3) is 0 Å². The van der Waals surface area contributed by atoms with E-state index in [0.29, 0.717) is 6.42 Å². The van der Waals surface area contributed by atoms with E-state index in [2.05, 4.69) is 22.5 Å². The molecule has 0 aromatic heterocycles. The number of carbonyl (C=O) groups excluding carboxylic acids is 1. The molecule has 0 aliphatic rings. The van der Waals surface area contributed by atoms with Crippen LogP contribution in [0.2, 0.25) is 0 Å². The molecule has 0 aliphatic heterocycles. The Balaban J connectivity index is 4.14. The molecule has 0 fully saturated rings. The summed E-state index contributed by atoms with van der Waals surface area (Å²) < 4.78 is 14.8. The monoisotopic (exact) mass is 325 g/mol. The summed E-state index contributed by atoms with van der Waals surface area (Å²) in [5, 5.41) is 11.2. The van der Waals surface area contributed by atoms with Crippen molar-refractivity contribution >= 4 is 32.8 Å². The third-order valence-electron chi connectivity index (χ3n) is 2.62. The number of amides is 1. The van der Waals surface area contributed by atoms with Crippen LogP contribution < -0.4 is 10.2 Å². The number of carboxylic acids is 1. The van der Waals surface area contributed by atoms with Crippen LogP contribution in [-0.2, 0) is 18.7 Å². The smallest absolute Gasteiger partial charge is 0.488 e. The fourth-order valence-corrected chi connectivity index (χ4v) is 2.19. The third-order valence-corrected chi connectivity index (χ3v) is 3.44. The second kappa shape index (κ2) is 11.0. The van der Waals surface area contributed by atoms with Crippen molar-refractivity contribution in [3.05, 3.63) is 0 Å². The molecule has 0 aliphatic carbocycles. The Morgan fingerprint density at radius 1 is 1.35 bits per heavy atom. The fraction of sp³-hybridized carbons (Fsp3) is 0.818. The molecular formula is C11H20NO6PS. The highest BCUT2D eigenvalue weighted by atomic mass is 32.1. The molecule has 1 unspecified atom stereocenters. The summed E-state index contributed by atoms with van der Waals surface area (Å²) in [6.45, 7) is 1.27. The van der Waals surface area contributed by atoms with E-state index in [1.165, 1.54) is 6.92 Å². The lowest BCUT2D eigenvalue weighted by atomic mass is 10.1. The summed E-state index contributed by atoms with van der Waals surface area (Å²) in [5.74, 6) is -0.965. The Morgan fingerprint density at radius 2 is 1.95 bits per heavy atom. The van der Waals surface area contributed by atoms with E-state index in [1.54, 1.807) is 0 Å². The quantitative estimate of drug-likeness (QED) is 0.295. The first-order valence-corrected chi connectivity index (χ1v) is 8.05. The maximum Gasteiger partial charge on any atom is 0.488 e. The Kier molecular flexibility index (Phi) is 10.6. The lowest BCUT2D eigenvalue weighted by molar-refractivity contribution is -0.190. The highest BCUT2D eigenvalue weighted by molar-refractivity contribution is 7.80. The van der Waals surface area contributed by atoms with Gasteiger partial charge in [-0.2, -0.15) is 12.6 Å². The molecule has 0 saturated heterocycles. The van der Waals surface area contributed by atoms with E-state index in [-0.39, 0.29) is 6.42 Å². The van der Waals surface area contributed by atoms with Crippen LogP contribution in [0.25, 0.3) is 0 Å². The zero-order chi connectivity index (χ0) is 15.5. The van der Waals surface area contributed by atoms with E-state index < -0.39 is 32.3 Å². The molecule has 0 rings (SSSR count). The lowest BCUT2D eigenvalue weighted by Crippen LogP contribution is -2.48. The normalized spacial score (nSPS) is 14.4. The number of nitrogens with one attached hydrogen (secondary N) is 1. The van der Waals surface area contributed by atoms with Crippen molar-refractivity contribution in [1.29, 1.82) is 0 Å². The fourth-order valence-electron chi connectivity index (χ4n) is 1.57. The van der Waals surface area contributed by atoms with Gasteiger partial charge in [-0.15, -0.1) is 4.52 Å². The van der Waals surface area contributed by atoms with Crippen molar-refractivity contribution in [3.63, 3.8) is 0 Å². The Morgan fingerprint density at radius 3 is 2.45 bits per heavy atom. The molecule has 20 heavy (non-hydrogen) atoms. The van der Waals surface area contributed by atoms with Crippen molar-refractivity contribution in [3.8, 4) is 0 Å². The average Bonchev–Trinajstić information content (AvgIpc) is 2.34. The molecule has 0 bridgehead atoms. The molecule has 0 spiro atoms. The number of hydrogen-bond acceptors (Lipinski definition) is 6. The minimum atomic E-state index is -3.16. The zero-order valence-electron chi connectivity index (χ0n) is 11.3. The van der Waals surface area contributed by atoms with Crippen LogP contribution in [0.1, 0.15) is 39.0 Å². The highest BCUT2D eigenvalue weighted by Gasteiger charge is 2.31. The predicted octanol–water partition coefficient (Wildman–Crippen LogP) is 0.859. The second-order valence-electron chi connectivity index (χ2n) is 4.31. The zero-order valence-corrected chi connectivity index (χ0v) is 13.1. The van der Waals surface area contributed by atoms with Gasteiger partial charge in [-0.1, -0.05) is 12.8 Å². The molecule has 0 radical (unpaired) electrons. The van der Waals surface area contributed by atoms with Crippen molar-refractivity contribution in [2.24, 2.45) is 0 Å². The Bertz CT molecular complexity index is 341. The largest absolute Gasteiger partial charge is 0.566 e. The van der Waals surface area contributed by atoms with Crippen LogP contribution >= 0.6 is 20.9 Å². The molecule has 0 aromatic carbocycles. The summed E-state index contributed by atoms with van der Waals surface area (Å²) in [4.78, 5) is 33.0. The summed E-state index contributed by atoms with van der Waals surface area (Å²) in [7, 11) is -3.16. The molecule has 0 aromatic rings. The van der Waals surface area contributed by atoms with Gasteiger partial charge >= 0.3 is 14.2 Å². The summed E-state index contributed by atoms with van der Waals surface area (Å²) in [6.07, 6.45) is 2.51. The van der Waals surface area contributed by atoms with Crippen molar-refractivity contribution in [1.82, 2.24) is 5.32 Å². The Hall–Kier alpha value is -0.690. The summed E-state index contributed by atoms with van der Waals surface area (Å²) >= 11 is 4.07. The molecule has 9 heteroatoms. The third kappa shape index (κ3) is 9.25. The van der Waals surface area contributed by atoms with Gasteiger partial charge in [0.1, 0.15) is 6.10 Å². The van der Waals surface area contributed by atoms with Gasteiger partial charge in [0.2, 0.25) is 5.91 Å². The van der Waals surface area contributed by atoms with Gasteiger partial charge in [0, 0.05) is 6.42 Å². The van der Waals surface area contributed by atoms with E-state index in [1.807, 2.05) is 0 Å². The molecule has 116 valence electrons. The molecule has 3 atom stereocenters. The van der Waals surface area contributed by atoms with Crippen molar-refractivity contribution in [2.75, 3.05) is 5.75 Å². The average molecular weight is 325 g/mol. The number of carbonyl (C=O) groups is 2. The standard InChI is InChI=1S/C11H20NO6PS/c1-8(18-19(16)17)10(11(14)15)12-9(13)6-4-2-3-5-7-20/h8,10,20H,2-7H2,1H3,(H,12,13)(H,14,15)/t8-,10+/m1/s1. The molecule has 0 saturated carbocycles. The van der Waals surface area contributed by atoms with Crippen LogP contribution in [0.5, 0.6) is 0 Å². The second-order valence-corrected chi connectivity index (χ2v) is 5.41. The first-order chi connectivity index (χ1) is 9.38. The maximum atomic E-state index is 11.6. The van der Waals surface area contributed by atoms with E-state index in [9.17, 15) is 19.0 Å². The molecule has 1 amide bonds. The van der Waals surface area contributed by atoms with Gasteiger partial charge in [-0.25, -0.2) is 4.79 Å². The summed E-state index contributed by atoms with van der Waals surface area (Å²) in [6, 6.07) is -1.38. The number of hydrogen-bond donors (Lipinski definition) is 3. The summed E-state index contributed by atoms with van der Waals surface area (Å²) in [5.41, 5.74) is 0. The first kappa shape index (κ1) is 19.3. The topological polar surface area (TPSA) is 116 Å². The van der Waals surface area contributed by atoms with E-state index in [4.69, 9.17) is 5.11 Å². The number of unbranched alkanes of at least 4 members (excludes halogenated alkanes) is 3. The lowest BCUT2D eigenvalue weighted by Gasteiger charge is -2.17. The predicted molar refractivity (Wildman–Crippen MR) is 74.7 cm³/mol. The van der Waals surface area contributed by atoms with Crippen molar-refractivity contribution < 1.29 is 28.7 Å². The minimum Gasteiger partial charge on any atom is -0.566 e. The van der Waals surface area contributed by atoms with Gasteiger partial charge in [0.05, 0.1) is 0 Å².